The van der Waals surface area contributed by atoms with E-state index in [9.17, 15) is 19.2 Å². The standard InChI is InChI=1S/C27H34N2O7/c1-26(2,3)23(31)35-19-14-18(15-20(16-19)36-24(32)27(4,5)6)29(25(33)34-7)22(30)21(28)13-17-11-9-8-10-12-17/h8-12,14-16,21H,13,28H2,1-7H3/t21-/m0/s1. The van der Waals surface area contributed by atoms with Crippen LogP contribution in [0.4, 0.5) is 10.5 Å². The van der Waals surface area contributed by atoms with Crippen LogP contribution >= 0.6 is 0 Å². The number of nitrogens with zero attached hydrogens (tertiary/aromatic N) is 1. The number of methoxy groups -OCH3 is 1. The second-order valence-corrected chi connectivity index (χ2v) is 10.4. The van der Waals surface area contributed by atoms with E-state index < -0.39 is 40.8 Å². The maximum absolute atomic E-state index is 13.3. The first-order valence-electron chi connectivity index (χ1n) is 11.4. The zero-order valence-corrected chi connectivity index (χ0v) is 21.8. The molecule has 0 aliphatic carbocycles. The Morgan fingerprint density at radius 2 is 1.31 bits per heavy atom. The molecule has 0 radical (unpaired) electrons. The van der Waals surface area contributed by atoms with Crippen LogP contribution in [0, 0.1) is 10.8 Å². The number of anilines is 1. The van der Waals surface area contributed by atoms with Gasteiger partial charge in [-0.3, -0.25) is 14.4 Å². The summed E-state index contributed by atoms with van der Waals surface area (Å²) < 4.78 is 15.8. The van der Waals surface area contributed by atoms with E-state index in [4.69, 9.17) is 19.9 Å². The number of nitrogens with two attached hydrogens (primary N) is 1. The highest BCUT2D eigenvalue weighted by Crippen LogP contribution is 2.32. The molecule has 2 rings (SSSR count). The summed E-state index contributed by atoms with van der Waals surface area (Å²) in [6.45, 7) is 10.0. The minimum atomic E-state index is -1.09. The molecule has 0 bridgehead atoms. The van der Waals surface area contributed by atoms with E-state index in [0.717, 1.165) is 17.6 Å². The first kappa shape index (κ1) is 28.5. The Morgan fingerprint density at radius 3 is 1.72 bits per heavy atom. The number of rotatable bonds is 6. The quantitative estimate of drug-likeness (QED) is 0.463. The Hall–Kier alpha value is -3.72. The van der Waals surface area contributed by atoms with Gasteiger partial charge in [0.15, 0.2) is 0 Å². The summed E-state index contributed by atoms with van der Waals surface area (Å²) >= 11 is 0. The van der Waals surface area contributed by atoms with E-state index in [0.29, 0.717) is 0 Å². The molecule has 0 spiro atoms. The van der Waals surface area contributed by atoms with Crippen molar-refractivity contribution < 1.29 is 33.4 Å². The highest BCUT2D eigenvalue weighted by Gasteiger charge is 2.32. The number of hydrogen-bond donors (Lipinski definition) is 1. The minimum absolute atomic E-state index is 0.0255. The van der Waals surface area contributed by atoms with E-state index >= 15 is 0 Å². The van der Waals surface area contributed by atoms with Crippen LogP contribution in [-0.2, 0) is 25.5 Å². The van der Waals surface area contributed by atoms with Crippen molar-refractivity contribution in [3.05, 3.63) is 54.1 Å². The predicted octanol–water partition coefficient (Wildman–Crippen LogP) is 4.26. The van der Waals surface area contributed by atoms with Crippen molar-refractivity contribution in [3.8, 4) is 11.5 Å². The molecule has 2 amide bonds. The number of carbonyl (C=O) groups excluding carboxylic acids is 4. The van der Waals surface area contributed by atoms with Crippen LogP contribution < -0.4 is 20.1 Å². The average molecular weight is 499 g/mol. The van der Waals surface area contributed by atoms with Crippen molar-refractivity contribution >= 4 is 29.6 Å². The van der Waals surface area contributed by atoms with Crippen LogP contribution in [0.15, 0.2) is 48.5 Å². The Labute approximate surface area is 211 Å². The molecule has 0 saturated heterocycles. The summed E-state index contributed by atoms with van der Waals surface area (Å²) in [6.07, 6.45) is -0.839. The van der Waals surface area contributed by atoms with Gasteiger partial charge in [-0.05, 0) is 53.5 Å². The summed E-state index contributed by atoms with van der Waals surface area (Å²) in [6, 6.07) is 11.9. The zero-order chi connectivity index (χ0) is 27.3. The second kappa shape index (κ2) is 11.3. The highest BCUT2D eigenvalue weighted by molar-refractivity contribution is 6.14. The Morgan fingerprint density at radius 1 is 0.833 bits per heavy atom. The molecule has 0 aliphatic heterocycles. The van der Waals surface area contributed by atoms with Gasteiger partial charge in [-0.2, -0.15) is 0 Å². The average Bonchev–Trinajstić information content (AvgIpc) is 2.78. The molecule has 2 N–H and O–H groups in total. The fraction of sp³-hybridized carbons (Fsp3) is 0.407. The summed E-state index contributed by atoms with van der Waals surface area (Å²) in [5, 5.41) is 0. The number of amides is 2. The summed E-state index contributed by atoms with van der Waals surface area (Å²) in [5.74, 6) is -1.93. The molecule has 36 heavy (non-hydrogen) atoms. The molecule has 0 saturated carbocycles. The topological polar surface area (TPSA) is 125 Å². The third-order valence-corrected chi connectivity index (χ3v) is 4.96. The van der Waals surface area contributed by atoms with Crippen molar-refractivity contribution in [1.29, 1.82) is 0 Å². The lowest BCUT2D eigenvalue weighted by Crippen LogP contribution is -2.48. The predicted molar refractivity (Wildman–Crippen MR) is 135 cm³/mol. The van der Waals surface area contributed by atoms with Gasteiger partial charge < -0.3 is 19.9 Å². The molecule has 2 aromatic carbocycles. The molecule has 194 valence electrons. The first-order valence-corrected chi connectivity index (χ1v) is 11.4. The lowest BCUT2D eigenvalue weighted by molar-refractivity contribution is -0.143. The third-order valence-electron chi connectivity index (χ3n) is 4.96. The van der Waals surface area contributed by atoms with Crippen LogP contribution in [0.1, 0.15) is 47.1 Å². The van der Waals surface area contributed by atoms with E-state index in [2.05, 4.69) is 0 Å². The lowest BCUT2D eigenvalue weighted by atomic mass is 9.97. The van der Waals surface area contributed by atoms with Gasteiger partial charge in [0.1, 0.15) is 11.5 Å². The van der Waals surface area contributed by atoms with Gasteiger partial charge in [0, 0.05) is 18.2 Å². The van der Waals surface area contributed by atoms with Gasteiger partial charge in [0.2, 0.25) is 0 Å². The van der Waals surface area contributed by atoms with Gasteiger partial charge in [-0.25, -0.2) is 9.69 Å². The summed E-state index contributed by atoms with van der Waals surface area (Å²) in [7, 11) is 1.12. The largest absolute Gasteiger partial charge is 0.452 e. The van der Waals surface area contributed by atoms with Crippen molar-refractivity contribution in [1.82, 2.24) is 0 Å². The molecule has 0 heterocycles. The number of esters is 2. The zero-order valence-electron chi connectivity index (χ0n) is 21.8. The minimum Gasteiger partial charge on any atom is -0.452 e. The fourth-order valence-electron chi connectivity index (χ4n) is 2.86. The van der Waals surface area contributed by atoms with Crippen molar-refractivity contribution in [3.63, 3.8) is 0 Å². The molecular formula is C27H34N2O7. The molecule has 9 heteroatoms. The number of imide groups is 1. The van der Waals surface area contributed by atoms with Crippen molar-refractivity contribution in [2.75, 3.05) is 12.0 Å². The second-order valence-electron chi connectivity index (χ2n) is 10.4. The van der Waals surface area contributed by atoms with Gasteiger partial charge in [0.25, 0.3) is 5.91 Å². The van der Waals surface area contributed by atoms with Crippen LogP contribution in [-0.4, -0.2) is 37.1 Å². The van der Waals surface area contributed by atoms with E-state index in [1.165, 1.54) is 18.2 Å². The van der Waals surface area contributed by atoms with E-state index in [-0.39, 0.29) is 23.6 Å². The fourth-order valence-corrected chi connectivity index (χ4v) is 2.86. The van der Waals surface area contributed by atoms with Crippen LogP contribution in [0.2, 0.25) is 0 Å². The number of benzene rings is 2. The molecule has 0 aliphatic rings. The molecule has 9 nitrogen and oxygen atoms in total. The maximum atomic E-state index is 13.3. The molecule has 0 fully saturated rings. The van der Waals surface area contributed by atoms with Crippen LogP contribution in [0.5, 0.6) is 11.5 Å². The Balaban J connectivity index is 2.53. The van der Waals surface area contributed by atoms with Gasteiger partial charge >= 0.3 is 18.0 Å². The summed E-state index contributed by atoms with van der Waals surface area (Å²) in [4.78, 5) is 51.8. The summed E-state index contributed by atoms with van der Waals surface area (Å²) in [5.41, 5.74) is 5.25. The number of carbonyl (C=O) groups is 4. The monoisotopic (exact) mass is 498 g/mol. The Bertz CT molecular complexity index is 1070. The highest BCUT2D eigenvalue weighted by atomic mass is 16.6. The number of hydrogen-bond acceptors (Lipinski definition) is 8. The van der Waals surface area contributed by atoms with Gasteiger partial charge in [-0.15, -0.1) is 0 Å². The normalized spacial score (nSPS) is 12.3. The van der Waals surface area contributed by atoms with Crippen LogP contribution in [0.25, 0.3) is 0 Å². The van der Waals surface area contributed by atoms with Crippen molar-refractivity contribution in [2.24, 2.45) is 16.6 Å². The maximum Gasteiger partial charge on any atom is 0.420 e. The molecule has 2 aromatic rings. The van der Waals surface area contributed by atoms with E-state index in [1.807, 2.05) is 30.3 Å². The number of ether oxygens (including phenoxy) is 3. The first-order chi connectivity index (χ1) is 16.6. The van der Waals surface area contributed by atoms with E-state index in [1.54, 1.807) is 41.5 Å². The molecule has 0 unspecified atom stereocenters. The molecule has 0 aromatic heterocycles. The molecular weight excluding hydrogens is 464 g/mol. The lowest BCUT2D eigenvalue weighted by Gasteiger charge is -2.25. The SMILES string of the molecule is COC(=O)N(C(=O)[C@@H](N)Cc1ccccc1)c1cc(OC(=O)C(C)(C)C)cc(OC(=O)C(C)(C)C)c1. The smallest absolute Gasteiger partial charge is 0.420 e. The van der Waals surface area contributed by atoms with Gasteiger partial charge in [0.05, 0.1) is 29.7 Å². The van der Waals surface area contributed by atoms with Gasteiger partial charge in [-0.1, -0.05) is 30.3 Å². The van der Waals surface area contributed by atoms with Crippen molar-refractivity contribution in [2.45, 2.75) is 54.0 Å². The third kappa shape index (κ3) is 7.64. The van der Waals surface area contributed by atoms with Crippen LogP contribution in [0.3, 0.4) is 0 Å². The Kier molecular flexibility index (Phi) is 8.99. The molecule has 1 atom stereocenters.